The van der Waals surface area contributed by atoms with Crippen molar-refractivity contribution in [3.05, 3.63) is 55.9 Å². The summed E-state index contributed by atoms with van der Waals surface area (Å²) < 4.78 is 5.11. The molecule has 1 saturated heterocycles. The molecule has 0 saturated carbocycles. The zero-order valence-corrected chi connectivity index (χ0v) is 14.9. The number of ether oxygens (including phenoxy) is 1. The zero-order valence-electron chi connectivity index (χ0n) is 13.2. The van der Waals surface area contributed by atoms with Crippen LogP contribution in [0.2, 0.25) is 0 Å². The van der Waals surface area contributed by atoms with Gasteiger partial charge in [-0.1, -0.05) is 0 Å². The maximum Gasteiger partial charge on any atom is 0.410 e. The largest absolute Gasteiger partial charge is 0.450 e. The minimum absolute atomic E-state index is 0.00653. The number of hydrogen-bond donors (Lipinski definition) is 0. The Morgan fingerprint density at radius 2 is 1.67 bits per heavy atom. The molecule has 3 rings (SSSR count). The van der Waals surface area contributed by atoms with Crippen LogP contribution in [0.4, 0.5) is 4.79 Å². The van der Waals surface area contributed by atoms with Crippen LogP contribution in [0.15, 0.2) is 44.8 Å². The molecule has 0 spiro atoms. The van der Waals surface area contributed by atoms with E-state index in [-0.39, 0.29) is 18.9 Å². The molecule has 6 heteroatoms. The van der Waals surface area contributed by atoms with Gasteiger partial charge in [0.2, 0.25) is 0 Å². The van der Waals surface area contributed by atoms with Gasteiger partial charge in [0.15, 0.2) is 5.78 Å². The number of rotatable bonds is 3. The van der Waals surface area contributed by atoms with E-state index >= 15 is 0 Å². The number of nitrogens with zero attached hydrogens (tertiary/aromatic N) is 1. The minimum Gasteiger partial charge on any atom is -0.450 e. The molecule has 0 N–H and O–H groups in total. The molecule has 0 bridgehead atoms. The molecule has 0 atom stereocenters. The SMILES string of the molecule is CCOC(=O)N1CC(=Cc2ccsc2)C(=O)C(=Cc2ccsc2)C1. The van der Waals surface area contributed by atoms with E-state index in [1.54, 1.807) is 34.5 Å². The van der Waals surface area contributed by atoms with Crippen molar-refractivity contribution in [1.82, 2.24) is 4.90 Å². The molecule has 1 fully saturated rings. The molecule has 4 nitrogen and oxygen atoms in total. The van der Waals surface area contributed by atoms with E-state index in [4.69, 9.17) is 4.74 Å². The van der Waals surface area contributed by atoms with Gasteiger partial charge >= 0.3 is 6.09 Å². The lowest BCUT2D eigenvalue weighted by molar-refractivity contribution is -0.113. The molecule has 1 amide bonds. The zero-order chi connectivity index (χ0) is 16.9. The Balaban J connectivity index is 1.93. The summed E-state index contributed by atoms with van der Waals surface area (Å²) in [5, 5.41) is 7.88. The number of carbonyl (C=O) groups is 2. The van der Waals surface area contributed by atoms with E-state index in [9.17, 15) is 9.59 Å². The Morgan fingerprint density at radius 1 is 1.12 bits per heavy atom. The molecule has 2 aromatic heterocycles. The monoisotopic (exact) mass is 359 g/mol. The van der Waals surface area contributed by atoms with Crippen molar-refractivity contribution in [2.75, 3.05) is 19.7 Å². The minimum atomic E-state index is -0.391. The number of likely N-dealkylation sites (tertiary alicyclic amines) is 1. The highest BCUT2D eigenvalue weighted by molar-refractivity contribution is 7.08. The van der Waals surface area contributed by atoms with Crippen LogP contribution in [0.3, 0.4) is 0 Å². The lowest BCUT2D eigenvalue weighted by atomic mass is 9.95. The van der Waals surface area contributed by atoms with Crippen molar-refractivity contribution < 1.29 is 14.3 Å². The van der Waals surface area contributed by atoms with Gasteiger partial charge in [-0.25, -0.2) is 4.79 Å². The molecule has 2 aromatic rings. The van der Waals surface area contributed by atoms with Gasteiger partial charge in [0.05, 0.1) is 19.7 Å². The Labute approximate surface area is 148 Å². The highest BCUT2D eigenvalue weighted by atomic mass is 32.1. The molecule has 3 heterocycles. The third-order valence-corrected chi connectivity index (χ3v) is 5.00. The quantitative estimate of drug-likeness (QED) is 0.767. The first-order valence-electron chi connectivity index (χ1n) is 7.59. The van der Waals surface area contributed by atoms with Crippen molar-refractivity contribution in [2.45, 2.75) is 6.92 Å². The number of amides is 1. The van der Waals surface area contributed by atoms with Gasteiger partial charge in [-0.05, 0) is 63.9 Å². The first-order chi connectivity index (χ1) is 11.7. The van der Waals surface area contributed by atoms with E-state index in [1.807, 2.05) is 45.8 Å². The lowest BCUT2D eigenvalue weighted by Crippen LogP contribution is -2.41. The lowest BCUT2D eigenvalue weighted by Gasteiger charge is -2.29. The Kier molecular flexibility index (Phi) is 5.27. The molecule has 1 aliphatic rings. The summed E-state index contributed by atoms with van der Waals surface area (Å²) in [6.45, 7) is 2.64. The molecule has 124 valence electrons. The van der Waals surface area contributed by atoms with Crippen molar-refractivity contribution in [3.63, 3.8) is 0 Å². The van der Waals surface area contributed by atoms with Gasteiger partial charge < -0.3 is 4.74 Å². The van der Waals surface area contributed by atoms with Gasteiger partial charge in [-0.3, -0.25) is 9.69 Å². The predicted molar refractivity (Wildman–Crippen MR) is 98.2 cm³/mol. The van der Waals surface area contributed by atoms with E-state index in [0.717, 1.165) is 11.1 Å². The van der Waals surface area contributed by atoms with Crippen LogP contribution >= 0.6 is 22.7 Å². The molecule has 1 aliphatic heterocycles. The summed E-state index contributed by atoms with van der Waals surface area (Å²) in [6.07, 6.45) is 3.31. The maximum atomic E-state index is 12.8. The normalized spacial score (nSPS) is 18.4. The predicted octanol–water partition coefficient (Wildman–Crippen LogP) is 4.32. The highest BCUT2D eigenvalue weighted by Gasteiger charge is 2.29. The Hall–Kier alpha value is -2.18. The summed E-state index contributed by atoms with van der Waals surface area (Å²) >= 11 is 3.15. The molecule has 0 unspecified atom stereocenters. The summed E-state index contributed by atoms with van der Waals surface area (Å²) in [5.74, 6) is -0.00653. The number of thiophene rings is 2. The van der Waals surface area contributed by atoms with Crippen LogP contribution in [-0.2, 0) is 9.53 Å². The van der Waals surface area contributed by atoms with Crippen molar-refractivity contribution >= 4 is 46.7 Å². The second kappa shape index (κ2) is 7.59. The van der Waals surface area contributed by atoms with Crippen LogP contribution in [0, 0.1) is 0 Å². The topological polar surface area (TPSA) is 46.6 Å². The standard InChI is InChI=1S/C18H17NO3S2/c1-2-22-18(21)19-9-15(7-13-3-5-23-11-13)17(20)16(10-19)8-14-4-6-24-12-14/h3-8,11-12H,2,9-10H2,1H3. The van der Waals surface area contributed by atoms with E-state index in [2.05, 4.69) is 0 Å². The second-order valence-electron chi connectivity index (χ2n) is 5.34. The smallest absolute Gasteiger partial charge is 0.410 e. The number of ketones is 1. The summed E-state index contributed by atoms with van der Waals surface area (Å²) in [7, 11) is 0. The van der Waals surface area contributed by atoms with Gasteiger partial charge in [0.25, 0.3) is 0 Å². The van der Waals surface area contributed by atoms with Crippen LogP contribution in [0.25, 0.3) is 12.2 Å². The van der Waals surface area contributed by atoms with Crippen molar-refractivity contribution in [2.24, 2.45) is 0 Å². The molecule has 0 radical (unpaired) electrons. The van der Waals surface area contributed by atoms with Crippen molar-refractivity contribution in [1.29, 1.82) is 0 Å². The summed E-state index contributed by atoms with van der Waals surface area (Å²) in [4.78, 5) is 26.5. The number of Topliss-reactive ketones (excluding diaryl/α,β-unsaturated/α-hetero) is 1. The van der Waals surface area contributed by atoms with Crippen molar-refractivity contribution in [3.8, 4) is 0 Å². The van der Waals surface area contributed by atoms with Crippen LogP contribution in [-0.4, -0.2) is 36.5 Å². The average molecular weight is 359 g/mol. The van der Waals surface area contributed by atoms with Crippen LogP contribution in [0.5, 0.6) is 0 Å². The Morgan fingerprint density at radius 3 is 2.08 bits per heavy atom. The number of hydrogen-bond acceptors (Lipinski definition) is 5. The van der Waals surface area contributed by atoms with E-state index < -0.39 is 6.09 Å². The summed E-state index contributed by atoms with van der Waals surface area (Å²) in [5.41, 5.74) is 3.16. The van der Waals surface area contributed by atoms with Crippen LogP contribution < -0.4 is 0 Å². The van der Waals surface area contributed by atoms with Gasteiger partial charge in [-0.15, -0.1) is 0 Å². The molecule has 0 aliphatic carbocycles. The fourth-order valence-corrected chi connectivity index (χ4v) is 3.74. The molecular weight excluding hydrogens is 342 g/mol. The highest BCUT2D eigenvalue weighted by Crippen LogP contribution is 2.23. The molecular formula is C18H17NO3S2. The Bertz CT molecular complexity index is 717. The fraction of sp³-hybridized carbons (Fsp3) is 0.222. The van der Waals surface area contributed by atoms with Crippen LogP contribution in [0.1, 0.15) is 18.1 Å². The fourth-order valence-electron chi connectivity index (χ4n) is 2.50. The summed E-state index contributed by atoms with van der Waals surface area (Å²) in [6, 6.07) is 3.91. The average Bonchev–Trinajstić information content (AvgIpc) is 3.25. The first kappa shape index (κ1) is 16.7. The van der Waals surface area contributed by atoms with Gasteiger partial charge in [0.1, 0.15) is 0 Å². The third kappa shape index (κ3) is 3.83. The van der Waals surface area contributed by atoms with E-state index in [1.165, 1.54) is 0 Å². The molecule has 0 aromatic carbocycles. The van der Waals surface area contributed by atoms with Gasteiger partial charge in [0, 0.05) is 11.1 Å². The maximum absolute atomic E-state index is 12.8. The number of carbonyl (C=O) groups excluding carboxylic acids is 2. The van der Waals surface area contributed by atoms with E-state index in [0.29, 0.717) is 17.8 Å². The van der Waals surface area contributed by atoms with Gasteiger partial charge in [-0.2, -0.15) is 22.7 Å². The third-order valence-electron chi connectivity index (χ3n) is 3.60. The first-order valence-corrected chi connectivity index (χ1v) is 9.48. The molecule has 24 heavy (non-hydrogen) atoms. The number of piperidine rings is 1. The second-order valence-corrected chi connectivity index (χ2v) is 6.90.